The number of aromatic nitrogens is 4. The highest BCUT2D eigenvalue weighted by atomic mass is 16.5. The number of ether oxygens (including phenoxy) is 1. The van der Waals surface area contributed by atoms with Crippen LogP contribution >= 0.6 is 0 Å². The van der Waals surface area contributed by atoms with E-state index in [1.807, 2.05) is 45.7 Å². The number of pyridine rings is 1. The van der Waals surface area contributed by atoms with Crippen LogP contribution in [0.1, 0.15) is 48.8 Å². The Hall–Kier alpha value is -4.20. The lowest BCUT2D eigenvalue weighted by atomic mass is 9.94. The van der Waals surface area contributed by atoms with Gasteiger partial charge >= 0.3 is 0 Å². The number of hydrogen-bond acceptors (Lipinski definition) is 6. The SMILES string of the molecule is C=CC(=O)N1CCCC(c2nc(-c3ccc(Oc4cc(C5CC5)ccn4)cc3)n3c(N)nccc23)C1. The molecule has 2 fully saturated rings. The number of piperidine rings is 1. The molecule has 4 heterocycles. The van der Waals surface area contributed by atoms with Gasteiger partial charge in [-0.05, 0) is 79.6 Å². The molecule has 1 unspecified atom stereocenters. The molecule has 1 amide bonds. The van der Waals surface area contributed by atoms with E-state index in [1.165, 1.54) is 24.5 Å². The van der Waals surface area contributed by atoms with Gasteiger partial charge in [-0.15, -0.1) is 0 Å². The van der Waals surface area contributed by atoms with E-state index in [0.29, 0.717) is 30.0 Å². The lowest BCUT2D eigenvalue weighted by molar-refractivity contribution is -0.127. The van der Waals surface area contributed by atoms with E-state index in [-0.39, 0.29) is 11.8 Å². The fourth-order valence-electron chi connectivity index (χ4n) is 5.05. The number of fused-ring (bicyclic) bond motifs is 1. The van der Waals surface area contributed by atoms with Gasteiger partial charge in [0.2, 0.25) is 17.7 Å². The monoisotopic (exact) mass is 480 g/mol. The molecule has 0 spiro atoms. The average Bonchev–Trinajstić information content (AvgIpc) is 3.69. The van der Waals surface area contributed by atoms with Crippen LogP contribution in [-0.2, 0) is 4.79 Å². The molecule has 8 heteroatoms. The Morgan fingerprint density at radius 1 is 1.06 bits per heavy atom. The first-order valence-electron chi connectivity index (χ1n) is 12.4. The summed E-state index contributed by atoms with van der Waals surface area (Å²) in [6.07, 6.45) is 9.23. The molecule has 3 aromatic heterocycles. The van der Waals surface area contributed by atoms with E-state index in [4.69, 9.17) is 15.5 Å². The summed E-state index contributed by atoms with van der Waals surface area (Å²) in [5.74, 6) is 3.11. The third-order valence-electron chi connectivity index (χ3n) is 7.05. The van der Waals surface area contributed by atoms with Gasteiger partial charge in [-0.2, -0.15) is 0 Å². The second kappa shape index (κ2) is 9.11. The fourth-order valence-corrected chi connectivity index (χ4v) is 5.05. The quantitative estimate of drug-likeness (QED) is 0.393. The smallest absolute Gasteiger partial charge is 0.245 e. The van der Waals surface area contributed by atoms with Gasteiger partial charge in [-0.25, -0.2) is 15.0 Å². The maximum Gasteiger partial charge on any atom is 0.245 e. The number of carbonyl (C=O) groups excluding carboxylic acids is 1. The summed E-state index contributed by atoms with van der Waals surface area (Å²) in [6, 6.07) is 13.8. The van der Waals surface area contributed by atoms with E-state index >= 15 is 0 Å². The number of amides is 1. The van der Waals surface area contributed by atoms with Crippen LogP contribution in [0.5, 0.6) is 11.6 Å². The number of likely N-dealkylation sites (tertiary alicyclic amines) is 1. The standard InChI is InChI=1S/C28H28N6O2/c1-2-25(35)33-15-3-4-21(17-33)26-23-12-14-31-28(29)34(23)27(32-26)19-7-9-22(10-8-19)36-24-16-20(11-13-30-24)18-5-6-18/h2,7-14,16,18,21H,1,3-6,15,17H2,(H2,29,31). The van der Waals surface area contributed by atoms with Gasteiger partial charge in [-0.3, -0.25) is 9.20 Å². The fraction of sp³-hybridized carbons (Fsp3) is 0.286. The van der Waals surface area contributed by atoms with Crippen LogP contribution in [-0.4, -0.2) is 43.2 Å². The molecular formula is C28H28N6O2. The molecule has 36 heavy (non-hydrogen) atoms. The molecular weight excluding hydrogens is 452 g/mol. The highest BCUT2D eigenvalue weighted by Gasteiger charge is 2.28. The number of rotatable bonds is 6. The number of nitrogens with zero attached hydrogens (tertiary/aromatic N) is 5. The first kappa shape index (κ1) is 22.3. The summed E-state index contributed by atoms with van der Waals surface area (Å²) in [7, 11) is 0. The molecule has 1 atom stereocenters. The molecule has 0 bridgehead atoms. The zero-order valence-corrected chi connectivity index (χ0v) is 20.0. The molecule has 1 saturated heterocycles. The van der Waals surface area contributed by atoms with Crippen LogP contribution in [0.25, 0.3) is 16.9 Å². The van der Waals surface area contributed by atoms with Crippen molar-refractivity contribution in [3.8, 4) is 23.0 Å². The molecule has 4 aromatic rings. The molecule has 8 nitrogen and oxygen atoms in total. The van der Waals surface area contributed by atoms with Gasteiger partial charge in [-0.1, -0.05) is 6.58 Å². The van der Waals surface area contributed by atoms with Gasteiger partial charge in [0.15, 0.2) is 0 Å². The Bertz CT molecular complexity index is 1440. The van der Waals surface area contributed by atoms with Crippen molar-refractivity contribution >= 4 is 17.4 Å². The highest BCUT2D eigenvalue weighted by molar-refractivity contribution is 5.87. The minimum Gasteiger partial charge on any atom is -0.439 e. The Kier molecular flexibility index (Phi) is 5.64. The molecule has 0 radical (unpaired) electrons. The average molecular weight is 481 g/mol. The first-order valence-corrected chi connectivity index (χ1v) is 12.4. The minimum atomic E-state index is -0.0441. The number of benzene rings is 1. The van der Waals surface area contributed by atoms with E-state index in [9.17, 15) is 4.79 Å². The maximum absolute atomic E-state index is 12.2. The van der Waals surface area contributed by atoms with Gasteiger partial charge in [0.25, 0.3) is 0 Å². The van der Waals surface area contributed by atoms with Crippen LogP contribution in [0.3, 0.4) is 0 Å². The molecule has 1 aliphatic heterocycles. The number of nitrogen functional groups attached to an aromatic ring is 1. The van der Waals surface area contributed by atoms with Crippen LogP contribution in [0.4, 0.5) is 5.95 Å². The van der Waals surface area contributed by atoms with Crippen LogP contribution in [0.2, 0.25) is 0 Å². The second-order valence-electron chi connectivity index (χ2n) is 9.50. The topological polar surface area (TPSA) is 98.6 Å². The number of imidazole rings is 1. The zero-order chi connectivity index (χ0) is 24.6. The summed E-state index contributed by atoms with van der Waals surface area (Å²) in [5.41, 5.74) is 10.3. The van der Waals surface area contributed by atoms with Crippen LogP contribution in [0.15, 0.2) is 67.5 Å². The molecule has 6 rings (SSSR count). The number of hydrogen-bond donors (Lipinski definition) is 1. The largest absolute Gasteiger partial charge is 0.439 e. The molecule has 182 valence electrons. The lowest BCUT2D eigenvalue weighted by Gasteiger charge is -2.31. The lowest BCUT2D eigenvalue weighted by Crippen LogP contribution is -2.38. The summed E-state index contributed by atoms with van der Waals surface area (Å²) < 4.78 is 7.91. The summed E-state index contributed by atoms with van der Waals surface area (Å²) in [4.78, 5) is 27.8. The van der Waals surface area contributed by atoms with E-state index in [2.05, 4.69) is 22.6 Å². The number of carbonyl (C=O) groups is 1. The molecule has 2 N–H and O–H groups in total. The van der Waals surface area contributed by atoms with Crippen molar-refractivity contribution in [1.82, 2.24) is 24.3 Å². The normalized spacial score (nSPS) is 17.8. The van der Waals surface area contributed by atoms with Crippen molar-refractivity contribution in [2.75, 3.05) is 18.8 Å². The van der Waals surface area contributed by atoms with Gasteiger partial charge in [0.1, 0.15) is 11.6 Å². The summed E-state index contributed by atoms with van der Waals surface area (Å²) >= 11 is 0. The zero-order valence-electron chi connectivity index (χ0n) is 20.0. The van der Waals surface area contributed by atoms with Crippen molar-refractivity contribution in [2.45, 2.75) is 37.5 Å². The predicted molar refractivity (Wildman–Crippen MR) is 138 cm³/mol. The Morgan fingerprint density at radius 3 is 2.64 bits per heavy atom. The van der Waals surface area contributed by atoms with Crippen molar-refractivity contribution in [1.29, 1.82) is 0 Å². The minimum absolute atomic E-state index is 0.0441. The second-order valence-corrected chi connectivity index (χ2v) is 9.50. The van der Waals surface area contributed by atoms with Crippen LogP contribution in [0, 0.1) is 0 Å². The molecule has 2 aliphatic rings. The van der Waals surface area contributed by atoms with Gasteiger partial charge < -0.3 is 15.4 Å². The number of anilines is 1. The van der Waals surface area contributed by atoms with Crippen LogP contribution < -0.4 is 10.5 Å². The van der Waals surface area contributed by atoms with Crippen molar-refractivity contribution in [3.05, 3.63) is 78.8 Å². The Labute approximate surface area is 209 Å². The third kappa shape index (κ3) is 4.19. The van der Waals surface area contributed by atoms with Crippen molar-refractivity contribution in [3.63, 3.8) is 0 Å². The molecule has 1 aliphatic carbocycles. The Morgan fingerprint density at radius 2 is 1.86 bits per heavy atom. The first-order chi connectivity index (χ1) is 17.6. The molecule has 1 aromatic carbocycles. The van der Waals surface area contributed by atoms with E-state index in [1.54, 1.807) is 12.4 Å². The van der Waals surface area contributed by atoms with E-state index in [0.717, 1.165) is 42.0 Å². The summed E-state index contributed by atoms with van der Waals surface area (Å²) in [6.45, 7) is 4.99. The maximum atomic E-state index is 12.2. The van der Waals surface area contributed by atoms with E-state index < -0.39 is 0 Å². The number of nitrogens with two attached hydrogens (primary N) is 1. The summed E-state index contributed by atoms with van der Waals surface area (Å²) in [5, 5.41) is 0. The van der Waals surface area contributed by atoms with Gasteiger partial charge in [0, 0.05) is 43.0 Å². The Balaban J connectivity index is 1.31. The predicted octanol–water partition coefficient (Wildman–Crippen LogP) is 4.94. The van der Waals surface area contributed by atoms with Crippen molar-refractivity contribution in [2.24, 2.45) is 0 Å². The van der Waals surface area contributed by atoms with Gasteiger partial charge in [0.05, 0.1) is 11.2 Å². The van der Waals surface area contributed by atoms with Crippen molar-refractivity contribution < 1.29 is 9.53 Å². The highest BCUT2D eigenvalue weighted by Crippen LogP contribution is 2.41. The molecule has 1 saturated carbocycles. The third-order valence-corrected chi connectivity index (χ3v) is 7.05.